The fourth-order valence-corrected chi connectivity index (χ4v) is 3.55. The van der Waals surface area contributed by atoms with Crippen molar-refractivity contribution in [3.05, 3.63) is 59.8 Å². The number of fused-ring (bicyclic) bond motifs is 1. The molecule has 0 saturated carbocycles. The Bertz CT molecular complexity index is 865. The van der Waals surface area contributed by atoms with Gasteiger partial charge in [-0.15, -0.1) is 0 Å². The first-order chi connectivity index (χ1) is 12.3. The van der Waals surface area contributed by atoms with E-state index < -0.39 is 0 Å². The zero-order chi connectivity index (χ0) is 17.2. The normalized spacial score (nSPS) is 14.0. The van der Waals surface area contributed by atoms with Crippen LogP contribution in [0.1, 0.15) is 43.7 Å². The molecule has 0 amide bonds. The molecule has 0 fully saturated rings. The lowest BCUT2D eigenvalue weighted by Gasteiger charge is -2.15. The molecule has 0 atom stereocenters. The number of para-hydroxylation sites is 1. The molecule has 1 N–H and O–H groups in total. The molecule has 0 spiro atoms. The van der Waals surface area contributed by atoms with Crippen LogP contribution in [0.15, 0.2) is 48.7 Å². The van der Waals surface area contributed by atoms with Gasteiger partial charge < -0.3 is 5.32 Å². The number of hydrogen-bond donors (Lipinski definition) is 1. The van der Waals surface area contributed by atoms with Crippen molar-refractivity contribution < 1.29 is 0 Å². The monoisotopic (exact) mass is 332 g/mol. The highest BCUT2D eigenvalue weighted by molar-refractivity contribution is 5.69. The van der Waals surface area contributed by atoms with Crippen molar-refractivity contribution in [3.8, 4) is 17.1 Å². The Balaban J connectivity index is 1.94. The topological polar surface area (TPSA) is 42.7 Å². The van der Waals surface area contributed by atoms with E-state index in [1.54, 1.807) is 0 Å². The molecule has 0 saturated heterocycles. The third-order valence-electron chi connectivity index (χ3n) is 4.82. The van der Waals surface area contributed by atoms with E-state index in [0.29, 0.717) is 5.92 Å². The summed E-state index contributed by atoms with van der Waals surface area (Å²) in [6.07, 6.45) is 5.24. The van der Waals surface area contributed by atoms with Crippen molar-refractivity contribution >= 4 is 5.82 Å². The van der Waals surface area contributed by atoms with E-state index in [2.05, 4.69) is 53.1 Å². The molecule has 1 aromatic carbocycles. The van der Waals surface area contributed by atoms with Gasteiger partial charge >= 0.3 is 0 Å². The van der Waals surface area contributed by atoms with E-state index in [1.807, 2.05) is 24.4 Å². The number of nitrogens with zero attached hydrogens (tertiary/aromatic N) is 3. The predicted molar refractivity (Wildman–Crippen MR) is 102 cm³/mol. The Morgan fingerprint density at radius 3 is 2.68 bits per heavy atom. The lowest BCUT2D eigenvalue weighted by atomic mass is 10.0. The van der Waals surface area contributed by atoms with Gasteiger partial charge in [0.15, 0.2) is 0 Å². The van der Waals surface area contributed by atoms with Crippen LogP contribution in [-0.4, -0.2) is 21.3 Å². The van der Waals surface area contributed by atoms with Gasteiger partial charge in [0.05, 0.1) is 11.4 Å². The highest BCUT2D eigenvalue weighted by Crippen LogP contribution is 2.34. The van der Waals surface area contributed by atoms with Crippen molar-refractivity contribution in [2.24, 2.45) is 0 Å². The summed E-state index contributed by atoms with van der Waals surface area (Å²) in [7, 11) is 0. The average Bonchev–Trinajstić information content (AvgIpc) is 2.83. The van der Waals surface area contributed by atoms with Crippen molar-refractivity contribution in [1.29, 1.82) is 0 Å². The van der Waals surface area contributed by atoms with E-state index in [-0.39, 0.29) is 0 Å². The van der Waals surface area contributed by atoms with E-state index >= 15 is 0 Å². The molecule has 0 bridgehead atoms. The quantitative estimate of drug-likeness (QED) is 0.749. The van der Waals surface area contributed by atoms with Crippen molar-refractivity contribution in [3.63, 3.8) is 0 Å². The summed E-state index contributed by atoms with van der Waals surface area (Å²) in [4.78, 5) is 4.55. The molecule has 4 nitrogen and oxygen atoms in total. The standard InChI is InChI=1S/C21H24N4/c1-15(2)16-9-3-4-12-19(16)25-21-17(10-5-7-14-23-21)20(24-25)18-11-6-8-13-22-18/h3-4,6,8-9,11-13,15,23H,5,7,10,14H2,1-2H3. The van der Waals surface area contributed by atoms with Crippen molar-refractivity contribution in [2.45, 2.75) is 39.0 Å². The lowest BCUT2D eigenvalue weighted by molar-refractivity contribution is 0.776. The minimum Gasteiger partial charge on any atom is -0.370 e. The third kappa shape index (κ3) is 2.93. The second-order valence-electron chi connectivity index (χ2n) is 6.90. The minimum absolute atomic E-state index is 0.445. The molecule has 0 radical (unpaired) electrons. The minimum atomic E-state index is 0.445. The number of nitrogens with one attached hydrogen (secondary N) is 1. The molecule has 4 rings (SSSR count). The number of pyridine rings is 1. The van der Waals surface area contributed by atoms with Crippen LogP contribution in [0.25, 0.3) is 17.1 Å². The largest absolute Gasteiger partial charge is 0.370 e. The second-order valence-corrected chi connectivity index (χ2v) is 6.90. The molecule has 2 aromatic heterocycles. The van der Waals surface area contributed by atoms with Gasteiger partial charge in [0.1, 0.15) is 11.5 Å². The summed E-state index contributed by atoms with van der Waals surface area (Å²) in [6.45, 7) is 5.45. The first-order valence-corrected chi connectivity index (χ1v) is 9.12. The highest BCUT2D eigenvalue weighted by atomic mass is 15.3. The third-order valence-corrected chi connectivity index (χ3v) is 4.82. The number of hydrogen-bond acceptors (Lipinski definition) is 3. The molecule has 128 valence electrons. The van der Waals surface area contributed by atoms with Gasteiger partial charge in [-0.2, -0.15) is 5.10 Å². The molecule has 0 aliphatic carbocycles. The summed E-state index contributed by atoms with van der Waals surface area (Å²) in [5.74, 6) is 1.58. The summed E-state index contributed by atoms with van der Waals surface area (Å²) in [5, 5.41) is 8.63. The van der Waals surface area contributed by atoms with E-state index in [4.69, 9.17) is 5.10 Å². The van der Waals surface area contributed by atoms with E-state index in [9.17, 15) is 0 Å². The van der Waals surface area contributed by atoms with Crippen LogP contribution in [0.2, 0.25) is 0 Å². The Morgan fingerprint density at radius 1 is 1.04 bits per heavy atom. The van der Waals surface area contributed by atoms with Crippen LogP contribution in [-0.2, 0) is 6.42 Å². The number of anilines is 1. The summed E-state index contributed by atoms with van der Waals surface area (Å²) < 4.78 is 2.10. The maximum Gasteiger partial charge on any atom is 0.133 e. The van der Waals surface area contributed by atoms with Crippen LogP contribution in [0.4, 0.5) is 5.82 Å². The van der Waals surface area contributed by atoms with Gasteiger partial charge in [0, 0.05) is 18.3 Å². The Kier molecular flexibility index (Phi) is 4.26. The van der Waals surface area contributed by atoms with E-state index in [0.717, 1.165) is 35.9 Å². The highest BCUT2D eigenvalue weighted by Gasteiger charge is 2.23. The van der Waals surface area contributed by atoms with Crippen LogP contribution in [0, 0.1) is 0 Å². The van der Waals surface area contributed by atoms with Gasteiger partial charge in [0.2, 0.25) is 0 Å². The summed E-state index contributed by atoms with van der Waals surface area (Å²) in [5.41, 5.74) is 5.71. The summed E-state index contributed by atoms with van der Waals surface area (Å²) >= 11 is 0. The molecular weight excluding hydrogens is 308 g/mol. The molecule has 1 aliphatic rings. The van der Waals surface area contributed by atoms with Crippen LogP contribution in [0.3, 0.4) is 0 Å². The average molecular weight is 332 g/mol. The molecule has 4 heteroatoms. The van der Waals surface area contributed by atoms with Crippen LogP contribution >= 0.6 is 0 Å². The molecule has 1 aliphatic heterocycles. The SMILES string of the molecule is CC(C)c1ccccc1-n1nc(-c2ccccn2)c2c1NCCCC2. The smallest absolute Gasteiger partial charge is 0.133 e. The first kappa shape index (κ1) is 15.9. The Morgan fingerprint density at radius 2 is 1.88 bits per heavy atom. The van der Waals surface area contributed by atoms with E-state index in [1.165, 1.54) is 24.0 Å². The molecule has 3 aromatic rings. The fourth-order valence-electron chi connectivity index (χ4n) is 3.55. The lowest BCUT2D eigenvalue weighted by Crippen LogP contribution is -2.09. The van der Waals surface area contributed by atoms with Gasteiger partial charge in [-0.05, 0) is 48.9 Å². The Labute approximate surface area is 148 Å². The molecule has 0 unspecified atom stereocenters. The summed E-state index contributed by atoms with van der Waals surface area (Å²) in [6, 6.07) is 14.6. The predicted octanol–water partition coefficient (Wildman–Crippen LogP) is 4.81. The number of rotatable bonds is 3. The van der Waals surface area contributed by atoms with Gasteiger partial charge in [-0.1, -0.05) is 38.1 Å². The zero-order valence-electron chi connectivity index (χ0n) is 14.9. The van der Waals surface area contributed by atoms with Crippen molar-refractivity contribution in [1.82, 2.24) is 14.8 Å². The fraction of sp³-hybridized carbons (Fsp3) is 0.333. The zero-order valence-corrected chi connectivity index (χ0v) is 14.9. The number of aromatic nitrogens is 3. The van der Waals surface area contributed by atoms with Crippen molar-refractivity contribution in [2.75, 3.05) is 11.9 Å². The maximum atomic E-state index is 5.01. The van der Waals surface area contributed by atoms with Gasteiger partial charge in [-0.3, -0.25) is 4.98 Å². The molecule has 3 heterocycles. The molecule has 25 heavy (non-hydrogen) atoms. The van der Waals surface area contributed by atoms with Crippen LogP contribution < -0.4 is 5.32 Å². The second kappa shape index (κ2) is 6.71. The Hall–Kier alpha value is -2.62. The maximum absolute atomic E-state index is 5.01. The van der Waals surface area contributed by atoms with Gasteiger partial charge in [0.25, 0.3) is 0 Å². The molecular formula is C21H24N4. The van der Waals surface area contributed by atoms with Gasteiger partial charge in [-0.25, -0.2) is 4.68 Å². The van der Waals surface area contributed by atoms with Crippen LogP contribution in [0.5, 0.6) is 0 Å². The first-order valence-electron chi connectivity index (χ1n) is 9.12. The number of benzene rings is 1.